The Morgan fingerprint density at radius 3 is 2.35 bits per heavy atom. The summed E-state index contributed by atoms with van der Waals surface area (Å²) in [5.74, 6) is 0.876. The quantitative estimate of drug-likeness (QED) is 0.429. The molecule has 34 heavy (non-hydrogen) atoms. The lowest BCUT2D eigenvalue weighted by molar-refractivity contribution is 0.102. The summed E-state index contributed by atoms with van der Waals surface area (Å²) in [5.41, 5.74) is 4.05. The van der Waals surface area contributed by atoms with E-state index in [-0.39, 0.29) is 17.2 Å². The van der Waals surface area contributed by atoms with Crippen LogP contribution in [0.3, 0.4) is 0 Å². The Labute approximate surface area is 205 Å². The minimum atomic E-state index is -0.197. The van der Waals surface area contributed by atoms with Gasteiger partial charge in [-0.25, -0.2) is 0 Å². The molecule has 0 bridgehead atoms. The topological polar surface area (TPSA) is 67.4 Å². The minimum absolute atomic E-state index is 0.192. The van der Waals surface area contributed by atoms with E-state index in [2.05, 4.69) is 31.4 Å². The van der Waals surface area contributed by atoms with Crippen molar-refractivity contribution in [2.45, 2.75) is 47.0 Å². The maximum Gasteiger partial charge on any atom is 0.258 e. The van der Waals surface area contributed by atoms with Crippen LogP contribution in [-0.4, -0.2) is 18.9 Å². The molecule has 0 radical (unpaired) electrons. The number of rotatable bonds is 5. The van der Waals surface area contributed by atoms with Crippen LogP contribution < -0.4 is 15.4 Å². The minimum Gasteiger partial charge on any atom is -0.497 e. The smallest absolute Gasteiger partial charge is 0.258 e. The first-order valence-corrected chi connectivity index (χ1v) is 12.5. The fourth-order valence-electron chi connectivity index (χ4n) is 4.52. The summed E-state index contributed by atoms with van der Waals surface area (Å²) in [6.07, 6.45) is 2.78. The molecule has 0 fully saturated rings. The van der Waals surface area contributed by atoms with Crippen molar-refractivity contribution < 1.29 is 14.3 Å². The fraction of sp³-hybridized carbons (Fsp3) is 0.357. The summed E-state index contributed by atoms with van der Waals surface area (Å²) in [5, 5.41) is 6.70. The van der Waals surface area contributed by atoms with Gasteiger partial charge in [-0.05, 0) is 79.0 Å². The molecule has 0 saturated heterocycles. The number of hydrogen-bond donors (Lipinski definition) is 2. The van der Waals surface area contributed by atoms with Crippen LogP contribution in [-0.2, 0) is 12.8 Å². The molecule has 4 rings (SSSR count). The number of thiophene rings is 1. The highest BCUT2D eigenvalue weighted by Crippen LogP contribution is 2.44. The lowest BCUT2D eigenvalue weighted by Crippen LogP contribution is -2.27. The van der Waals surface area contributed by atoms with Crippen molar-refractivity contribution in [3.63, 3.8) is 0 Å². The molecule has 1 aliphatic carbocycles. The predicted molar refractivity (Wildman–Crippen MR) is 139 cm³/mol. The van der Waals surface area contributed by atoms with Crippen molar-refractivity contribution in [2.24, 2.45) is 11.3 Å². The molecule has 1 heterocycles. The fourth-order valence-corrected chi connectivity index (χ4v) is 5.84. The van der Waals surface area contributed by atoms with E-state index in [0.29, 0.717) is 27.7 Å². The van der Waals surface area contributed by atoms with E-state index in [0.717, 1.165) is 36.1 Å². The largest absolute Gasteiger partial charge is 0.497 e. The average Bonchev–Trinajstić information content (AvgIpc) is 3.16. The second-order valence-electron chi connectivity index (χ2n) is 9.97. The molecule has 178 valence electrons. The Morgan fingerprint density at radius 1 is 1.00 bits per heavy atom. The van der Waals surface area contributed by atoms with E-state index in [4.69, 9.17) is 4.74 Å². The Bertz CT molecular complexity index is 1210. The van der Waals surface area contributed by atoms with E-state index in [9.17, 15) is 9.59 Å². The van der Waals surface area contributed by atoms with Crippen molar-refractivity contribution in [1.82, 2.24) is 0 Å². The third-order valence-electron chi connectivity index (χ3n) is 6.68. The lowest BCUT2D eigenvalue weighted by atomic mass is 9.72. The molecular weight excluding hydrogens is 444 g/mol. The Morgan fingerprint density at radius 2 is 1.71 bits per heavy atom. The second kappa shape index (κ2) is 9.63. The summed E-state index contributed by atoms with van der Waals surface area (Å²) in [6.45, 7) is 8.73. The van der Waals surface area contributed by atoms with Crippen molar-refractivity contribution in [3.05, 3.63) is 75.7 Å². The molecular formula is C28H32N2O3S. The molecule has 5 nitrogen and oxygen atoms in total. The molecule has 2 N–H and O–H groups in total. The highest BCUT2D eigenvalue weighted by Gasteiger charge is 2.34. The molecule has 0 spiro atoms. The van der Waals surface area contributed by atoms with E-state index in [1.54, 1.807) is 18.4 Å². The molecule has 3 aromatic rings. The summed E-state index contributed by atoms with van der Waals surface area (Å²) in [7, 11) is 1.61. The van der Waals surface area contributed by atoms with Crippen molar-refractivity contribution in [1.29, 1.82) is 0 Å². The molecule has 1 aromatic heterocycles. The van der Waals surface area contributed by atoms with Crippen LogP contribution in [0.1, 0.15) is 63.9 Å². The highest BCUT2D eigenvalue weighted by atomic mass is 32.1. The van der Waals surface area contributed by atoms with Crippen LogP contribution in [0.5, 0.6) is 5.75 Å². The van der Waals surface area contributed by atoms with E-state index < -0.39 is 0 Å². The second-order valence-corrected chi connectivity index (χ2v) is 11.1. The number of anilines is 2. The Kier molecular flexibility index (Phi) is 6.80. The van der Waals surface area contributed by atoms with Gasteiger partial charge < -0.3 is 15.4 Å². The standard InChI is InChI=1S/C28H32N2O3S/c1-17-8-6-7-9-21(17)25(31)30-27-24(26(32)29-19-11-13-20(33-5)14-12-19)22-15-10-18(28(2,3)4)16-23(22)34-27/h6-9,11-14,18H,10,15-16H2,1-5H3,(H,29,32)(H,30,31). The van der Waals surface area contributed by atoms with Gasteiger partial charge in [0.25, 0.3) is 11.8 Å². The van der Waals surface area contributed by atoms with Gasteiger partial charge in [-0.3, -0.25) is 9.59 Å². The zero-order chi connectivity index (χ0) is 24.5. The van der Waals surface area contributed by atoms with Crippen LogP contribution in [0.15, 0.2) is 48.5 Å². The first kappa shape index (κ1) is 24.0. The molecule has 0 aliphatic heterocycles. The van der Waals surface area contributed by atoms with Crippen molar-refractivity contribution in [2.75, 3.05) is 17.7 Å². The summed E-state index contributed by atoms with van der Waals surface area (Å²) >= 11 is 1.54. The molecule has 1 atom stereocenters. The number of aryl methyl sites for hydroxylation is 1. The van der Waals surface area contributed by atoms with E-state index in [1.807, 2.05) is 55.5 Å². The van der Waals surface area contributed by atoms with Crippen LogP contribution in [0.4, 0.5) is 10.7 Å². The van der Waals surface area contributed by atoms with Crippen molar-refractivity contribution in [3.8, 4) is 5.75 Å². The maximum atomic E-state index is 13.5. The Hall–Kier alpha value is -3.12. The molecule has 2 aromatic carbocycles. The van der Waals surface area contributed by atoms with Crippen LogP contribution >= 0.6 is 11.3 Å². The van der Waals surface area contributed by atoms with Crippen LogP contribution in [0, 0.1) is 18.3 Å². The normalized spacial score (nSPS) is 15.4. The summed E-state index contributed by atoms with van der Waals surface area (Å²) in [4.78, 5) is 27.8. The van der Waals surface area contributed by atoms with Gasteiger partial charge in [0.15, 0.2) is 0 Å². The van der Waals surface area contributed by atoms with Gasteiger partial charge in [0.1, 0.15) is 10.8 Å². The van der Waals surface area contributed by atoms with Gasteiger partial charge in [-0.2, -0.15) is 0 Å². The van der Waals surface area contributed by atoms with E-state index >= 15 is 0 Å². The number of amides is 2. The Balaban J connectivity index is 1.68. The first-order chi connectivity index (χ1) is 16.2. The maximum absolute atomic E-state index is 13.5. The van der Waals surface area contributed by atoms with Gasteiger partial charge >= 0.3 is 0 Å². The molecule has 1 aliphatic rings. The van der Waals surface area contributed by atoms with Crippen LogP contribution in [0.25, 0.3) is 0 Å². The highest BCUT2D eigenvalue weighted by molar-refractivity contribution is 7.17. The monoisotopic (exact) mass is 476 g/mol. The zero-order valence-electron chi connectivity index (χ0n) is 20.5. The number of nitrogens with one attached hydrogen (secondary N) is 2. The lowest BCUT2D eigenvalue weighted by Gasteiger charge is -2.33. The average molecular weight is 477 g/mol. The van der Waals surface area contributed by atoms with Crippen LogP contribution in [0.2, 0.25) is 0 Å². The summed E-state index contributed by atoms with van der Waals surface area (Å²) in [6, 6.07) is 14.8. The SMILES string of the molecule is COc1ccc(NC(=O)c2c(NC(=O)c3ccccc3C)sc3c2CCC(C(C)(C)C)C3)cc1. The zero-order valence-corrected chi connectivity index (χ0v) is 21.3. The molecule has 1 unspecified atom stereocenters. The number of hydrogen-bond acceptors (Lipinski definition) is 4. The third kappa shape index (κ3) is 5.02. The predicted octanol–water partition coefficient (Wildman–Crippen LogP) is 6.72. The third-order valence-corrected chi connectivity index (χ3v) is 7.85. The number of ether oxygens (including phenoxy) is 1. The van der Waals surface area contributed by atoms with Gasteiger partial charge in [0, 0.05) is 16.1 Å². The van der Waals surface area contributed by atoms with E-state index in [1.165, 1.54) is 4.88 Å². The number of carbonyl (C=O) groups is 2. The number of fused-ring (bicyclic) bond motifs is 1. The van der Waals surface area contributed by atoms with Crippen molar-refractivity contribution >= 4 is 33.8 Å². The van der Waals surface area contributed by atoms with Gasteiger partial charge in [0.2, 0.25) is 0 Å². The first-order valence-electron chi connectivity index (χ1n) is 11.6. The number of carbonyl (C=O) groups excluding carboxylic acids is 2. The van der Waals surface area contributed by atoms with Gasteiger partial charge in [-0.15, -0.1) is 11.3 Å². The number of benzene rings is 2. The molecule has 0 saturated carbocycles. The van der Waals surface area contributed by atoms with Gasteiger partial charge in [0.05, 0.1) is 12.7 Å². The van der Waals surface area contributed by atoms with Gasteiger partial charge in [-0.1, -0.05) is 39.0 Å². The molecule has 2 amide bonds. The number of methoxy groups -OCH3 is 1. The summed E-state index contributed by atoms with van der Waals surface area (Å²) < 4.78 is 5.21. The molecule has 6 heteroatoms.